The molecule has 3 aromatic heterocycles. The van der Waals surface area contributed by atoms with Gasteiger partial charge in [0, 0.05) is 54.1 Å². The lowest BCUT2D eigenvalue weighted by Gasteiger charge is -2.15. The molecule has 0 saturated heterocycles. The molecule has 0 atom stereocenters. The van der Waals surface area contributed by atoms with Crippen LogP contribution in [0.2, 0.25) is 0 Å². The van der Waals surface area contributed by atoms with Crippen LogP contribution in [0.3, 0.4) is 0 Å². The minimum Gasteiger partial charge on any atom is -0.436 e. The Balaban J connectivity index is 1.62. The van der Waals surface area contributed by atoms with E-state index < -0.39 is 12.5 Å². The normalized spacial score (nSPS) is 12.1. The maximum atomic E-state index is 16.2. The van der Waals surface area contributed by atoms with Gasteiger partial charge in [-0.25, -0.2) is 24.6 Å². The van der Waals surface area contributed by atoms with Crippen LogP contribution in [-0.2, 0) is 13.4 Å². The van der Waals surface area contributed by atoms with E-state index in [1.54, 1.807) is 12.1 Å². The van der Waals surface area contributed by atoms with Gasteiger partial charge in [0.25, 0.3) is 0 Å². The molecule has 0 bridgehead atoms. The predicted octanol–water partition coefficient (Wildman–Crippen LogP) is 4.84. The van der Waals surface area contributed by atoms with E-state index in [4.69, 9.17) is 4.74 Å². The lowest BCUT2D eigenvalue weighted by atomic mass is 9.45. The second kappa shape index (κ2) is 8.75. The highest BCUT2D eigenvalue weighted by Crippen LogP contribution is 2.44. The molecule has 4 heterocycles. The zero-order valence-corrected chi connectivity index (χ0v) is 20.6. The van der Waals surface area contributed by atoms with E-state index in [-0.39, 0.29) is 12.1 Å². The van der Waals surface area contributed by atoms with Gasteiger partial charge in [0.15, 0.2) is 11.6 Å². The second-order valence-electron chi connectivity index (χ2n) is 9.08. The quantitative estimate of drug-likeness (QED) is 0.365. The van der Waals surface area contributed by atoms with Crippen LogP contribution in [0.25, 0.3) is 33.4 Å². The van der Waals surface area contributed by atoms with E-state index in [9.17, 15) is 5.26 Å². The fraction of sp³-hybridized carbons (Fsp3) is 0.143. The fourth-order valence-electron chi connectivity index (χ4n) is 5.14. The molecule has 180 valence electrons. The number of halogens is 1. The number of rotatable bonds is 4. The number of pyridine rings is 1. The van der Waals surface area contributed by atoms with E-state index >= 15 is 4.39 Å². The Morgan fingerprint density at radius 2 is 1.92 bits per heavy atom. The van der Waals surface area contributed by atoms with Crippen molar-refractivity contribution in [3.63, 3.8) is 0 Å². The average Bonchev–Trinajstić information content (AvgIpc) is 3.12. The lowest BCUT2D eigenvalue weighted by Crippen LogP contribution is -2.34. The van der Waals surface area contributed by atoms with Crippen molar-refractivity contribution in [3.8, 4) is 40.0 Å². The van der Waals surface area contributed by atoms with Crippen LogP contribution >= 0.6 is 0 Å². The number of nitriles is 1. The monoisotopic (exact) mass is 488 g/mol. The molecule has 2 aromatic carbocycles. The summed E-state index contributed by atoms with van der Waals surface area (Å²) in [6.07, 6.45) is 1.64. The molecule has 0 saturated carbocycles. The first-order valence-electron chi connectivity index (χ1n) is 11.9. The summed E-state index contributed by atoms with van der Waals surface area (Å²) in [7, 11) is 3.80. The first kappa shape index (κ1) is 22.7. The molecule has 5 aromatic rings. The molecule has 6 rings (SSSR count). The summed E-state index contributed by atoms with van der Waals surface area (Å²) in [5.41, 5.74) is 6.82. The summed E-state index contributed by atoms with van der Waals surface area (Å²) >= 11 is 0. The Morgan fingerprint density at radius 3 is 2.65 bits per heavy atom. The van der Waals surface area contributed by atoms with Crippen molar-refractivity contribution in [3.05, 3.63) is 78.0 Å². The highest BCUT2D eigenvalue weighted by atomic mass is 19.1. The van der Waals surface area contributed by atoms with Crippen molar-refractivity contribution in [1.29, 1.82) is 5.26 Å². The molecule has 7 nitrogen and oxygen atoms in total. The molecule has 0 fully saturated rings. The number of ether oxygens (including phenoxy) is 1. The number of hydrogen-bond donors (Lipinski definition) is 1. The molecule has 0 amide bonds. The Bertz CT molecular complexity index is 1720. The molecule has 0 spiro atoms. The van der Waals surface area contributed by atoms with Crippen molar-refractivity contribution < 1.29 is 9.13 Å². The van der Waals surface area contributed by atoms with Gasteiger partial charge in [-0.1, -0.05) is 24.3 Å². The molecule has 9 heteroatoms. The maximum Gasteiger partial charge on any atom is 0.327 e. The fourth-order valence-corrected chi connectivity index (χ4v) is 5.14. The van der Waals surface area contributed by atoms with Crippen molar-refractivity contribution in [2.24, 2.45) is 7.05 Å². The number of aryl methyl sites for hydroxylation is 2. The summed E-state index contributed by atoms with van der Waals surface area (Å²) in [4.78, 5) is 13.4. The van der Waals surface area contributed by atoms with Gasteiger partial charge in [-0.3, -0.25) is 0 Å². The van der Waals surface area contributed by atoms with Gasteiger partial charge < -0.3 is 14.6 Å². The maximum absolute atomic E-state index is 16.2. The van der Waals surface area contributed by atoms with Gasteiger partial charge in [0.05, 0.1) is 5.69 Å². The van der Waals surface area contributed by atoms with Crippen LogP contribution in [0, 0.1) is 24.0 Å². The van der Waals surface area contributed by atoms with Gasteiger partial charge in [-0.2, -0.15) is 0 Å². The van der Waals surface area contributed by atoms with E-state index in [1.165, 1.54) is 6.33 Å². The van der Waals surface area contributed by atoms with Crippen molar-refractivity contribution in [2.75, 3.05) is 12.4 Å². The van der Waals surface area contributed by atoms with Crippen molar-refractivity contribution in [2.45, 2.75) is 13.2 Å². The zero-order chi connectivity index (χ0) is 25.7. The van der Waals surface area contributed by atoms with Gasteiger partial charge in [0.1, 0.15) is 12.0 Å². The van der Waals surface area contributed by atoms with Gasteiger partial charge in [-0.15, -0.1) is 0 Å². The second-order valence-corrected chi connectivity index (χ2v) is 9.08. The smallest absolute Gasteiger partial charge is 0.327 e. The Morgan fingerprint density at radius 1 is 1.11 bits per heavy atom. The van der Waals surface area contributed by atoms with Crippen LogP contribution < -0.4 is 15.6 Å². The first-order valence-corrected chi connectivity index (χ1v) is 11.9. The summed E-state index contributed by atoms with van der Waals surface area (Å²) in [5.74, 6) is 2.22. The molecular formula is C28H22BFN6O. The number of benzene rings is 2. The van der Waals surface area contributed by atoms with Crippen molar-refractivity contribution >= 4 is 29.0 Å². The number of hydrogen-bond acceptors (Lipinski definition) is 6. The SMILES string of the molecule is CNc1ccc(-c2c3c4c(ncnc4n2C)B(C#N)Cc2c-3ccc(Oc3cccc(C)n3)c2F)cc1. The lowest BCUT2D eigenvalue weighted by molar-refractivity contribution is 0.424. The van der Waals surface area contributed by atoms with Gasteiger partial charge >= 0.3 is 6.71 Å². The third-order valence-corrected chi connectivity index (χ3v) is 6.89. The minimum absolute atomic E-state index is 0.0673. The van der Waals surface area contributed by atoms with Gasteiger partial charge in [-0.05, 0) is 54.2 Å². The first-order chi connectivity index (χ1) is 18.0. The summed E-state index contributed by atoms with van der Waals surface area (Å²) in [6, 6.07) is 16.9. The number of aromatic nitrogens is 4. The van der Waals surface area contributed by atoms with Crippen LogP contribution in [0.1, 0.15) is 11.3 Å². The Hall–Kier alpha value is -4.71. The molecule has 37 heavy (non-hydrogen) atoms. The number of nitrogens with one attached hydrogen (secondary N) is 1. The Kier molecular flexibility index (Phi) is 5.38. The van der Waals surface area contributed by atoms with Crippen LogP contribution in [-0.4, -0.2) is 33.3 Å². The number of fused-ring (bicyclic) bond motifs is 2. The van der Waals surface area contributed by atoms with E-state index in [0.29, 0.717) is 28.2 Å². The predicted molar refractivity (Wildman–Crippen MR) is 143 cm³/mol. The number of nitrogens with zero attached hydrogens (tertiary/aromatic N) is 5. The molecule has 0 radical (unpaired) electrons. The minimum atomic E-state index is -0.644. The average molecular weight is 488 g/mol. The third-order valence-electron chi connectivity index (χ3n) is 6.89. The Labute approximate surface area is 213 Å². The van der Waals surface area contributed by atoms with E-state index in [1.807, 2.05) is 68.1 Å². The molecule has 1 aliphatic rings. The summed E-state index contributed by atoms with van der Waals surface area (Å²) < 4.78 is 24.0. The van der Waals surface area contributed by atoms with Crippen LogP contribution in [0.5, 0.6) is 11.6 Å². The topological polar surface area (TPSA) is 88.7 Å². The molecule has 0 aliphatic carbocycles. The summed E-state index contributed by atoms with van der Waals surface area (Å²) in [6.45, 7) is 1.20. The van der Waals surface area contributed by atoms with E-state index in [0.717, 1.165) is 33.6 Å². The highest BCUT2D eigenvalue weighted by Gasteiger charge is 2.35. The molecule has 0 unspecified atom stereocenters. The molecule has 1 N–H and O–H groups in total. The highest BCUT2D eigenvalue weighted by molar-refractivity contribution is 6.81. The third kappa shape index (κ3) is 3.61. The standard InChI is InChI=1S/C28H22BFN6O/c1-16-5-4-6-22(35-16)37-21-12-11-19-20(25(21)30)13-29(14-31)27-24-23(19)26(36(3)28(24)34-15-33-27)17-7-9-18(32-2)10-8-17/h4-12,15,32H,13H2,1-3H3. The van der Waals surface area contributed by atoms with E-state index in [2.05, 4.69) is 26.2 Å². The number of anilines is 1. The largest absolute Gasteiger partial charge is 0.436 e. The summed E-state index contributed by atoms with van der Waals surface area (Å²) in [5, 5.41) is 14.0. The van der Waals surface area contributed by atoms with Crippen molar-refractivity contribution in [1.82, 2.24) is 19.5 Å². The molecule has 1 aliphatic heterocycles. The van der Waals surface area contributed by atoms with Crippen LogP contribution in [0.15, 0.2) is 60.9 Å². The van der Waals surface area contributed by atoms with Gasteiger partial charge in [0.2, 0.25) is 5.88 Å². The molecular weight excluding hydrogens is 466 g/mol. The van der Waals surface area contributed by atoms with Crippen LogP contribution in [0.4, 0.5) is 10.1 Å². The zero-order valence-electron chi connectivity index (χ0n) is 20.6.